The van der Waals surface area contributed by atoms with E-state index in [1.54, 1.807) is 18.2 Å². The molecule has 0 radical (unpaired) electrons. The Hall–Kier alpha value is -3.64. The molecule has 0 saturated carbocycles. The number of hydrogen-bond acceptors (Lipinski definition) is 4. The van der Waals surface area contributed by atoms with E-state index in [-0.39, 0.29) is 24.4 Å². The second kappa shape index (κ2) is 10.1. The van der Waals surface area contributed by atoms with Crippen LogP contribution in [0.5, 0.6) is 5.75 Å². The Morgan fingerprint density at radius 3 is 2.53 bits per heavy atom. The molecule has 6 nitrogen and oxygen atoms in total. The molecule has 164 valence electrons. The highest BCUT2D eigenvalue weighted by atomic mass is 16.5. The zero-order valence-corrected chi connectivity index (χ0v) is 18.1. The number of carbonyl (C=O) groups excluding carboxylic acids is 2. The summed E-state index contributed by atoms with van der Waals surface area (Å²) in [5.41, 5.74) is 3.02. The maximum absolute atomic E-state index is 12.9. The lowest BCUT2D eigenvalue weighted by molar-refractivity contribution is -0.117. The molecule has 1 aliphatic heterocycles. The minimum Gasteiger partial charge on any atom is -0.492 e. The molecule has 0 aromatic heterocycles. The minimum absolute atomic E-state index is 0.148. The zero-order valence-electron chi connectivity index (χ0n) is 18.1. The van der Waals surface area contributed by atoms with Crippen molar-refractivity contribution in [3.05, 3.63) is 95.6 Å². The smallest absolute Gasteiger partial charge is 0.253 e. The van der Waals surface area contributed by atoms with Crippen molar-refractivity contribution in [3.63, 3.8) is 0 Å². The predicted octanol–water partition coefficient (Wildman–Crippen LogP) is 4.01. The van der Waals surface area contributed by atoms with Crippen LogP contribution in [0.1, 0.15) is 34.5 Å². The first-order valence-electron chi connectivity index (χ1n) is 10.8. The Bertz CT molecular complexity index is 1080. The van der Waals surface area contributed by atoms with E-state index in [4.69, 9.17) is 4.74 Å². The maximum Gasteiger partial charge on any atom is 0.253 e. The summed E-state index contributed by atoms with van der Waals surface area (Å²) in [4.78, 5) is 27.8. The summed E-state index contributed by atoms with van der Waals surface area (Å²) < 4.78 is 5.78. The van der Waals surface area contributed by atoms with Gasteiger partial charge in [0.2, 0.25) is 5.91 Å². The van der Waals surface area contributed by atoms with Gasteiger partial charge in [-0.1, -0.05) is 60.7 Å². The summed E-state index contributed by atoms with van der Waals surface area (Å²) in [6, 6.07) is 24.6. The fourth-order valence-electron chi connectivity index (χ4n) is 3.80. The number of fused-ring (bicyclic) bond motifs is 1. The van der Waals surface area contributed by atoms with Crippen LogP contribution in [-0.2, 0) is 11.3 Å². The number of nitrogens with one attached hydrogen (secondary N) is 2. The van der Waals surface area contributed by atoms with E-state index in [0.717, 1.165) is 16.9 Å². The molecule has 0 bridgehead atoms. The summed E-state index contributed by atoms with van der Waals surface area (Å²) in [5.74, 6) is 0.472. The summed E-state index contributed by atoms with van der Waals surface area (Å²) in [7, 11) is 0. The van der Waals surface area contributed by atoms with Crippen LogP contribution < -0.4 is 15.4 Å². The molecule has 2 N–H and O–H groups in total. The van der Waals surface area contributed by atoms with Crippen LogP contribution in [0.4, 0.5) is 5.69 Å². The lowest BCUT2D eigenvalue weighted by Crippen LogP contribution is -2.35. The first-order chi connectivity index (χ1) is 15.6. The van der Waals surface area contributed by atoms with Gasteiger partial charge in [-0.3, -0.25) is 14.5 Å². The second-order valence-corrected chi connectivity index (χ2v) is 7.87. The van der Waals surface area contributed by atoms with E-state index in [9.17, 15) is 9.59 Å². The van der Waals surface area contributed by atoms with Crippen LogP contribution in [-0.4, -0.2) is 36.4 Å². The van der Waals surface area contributed by atoms with Gasteiger partial charge >= 0.3 is 0 Å². The third-order valence-electron chi connectivity index (χ3n) is 5.49. The number of ether oxygens (including phenoxy) is 1. The SMILES string of the molecule is CC(NC(=O)c1ccccc1NC(=O)CN1CCOc2ccccc2C1)c1ccccc1. The molecular formula is C26H27N3O3. The van der Waals surface area contributed by atoms with Gasteiger partial charge in [0.15, 0.2) is 0 Å². The highest BCUT2D eigenvalue weighted by Gasteiger charge is 2.19. The number of para-hydroxylation sites is 2. The van der Waals surface area contributed by atoms with Gasteiger partial charge in [-0.15, -0.1) is 0 Å². The van der Waals surface area contributed by atoms with Gasteiger partial charge in [0.25, 0.3) is 5.91 Å². The fraction of sp³-hybridized carbons (Fsp3) is 0.231. The van der Waals surface area contributed by atoms with Gasteiger partial charge in [0, 0.05) is 18.7 Å². The molecule has 4 rings (SSSR count). The highest BCUT2D eigenvalue weighted by molar-refractivity contribution is 6.04. The van der Waals surface area contributed by atoms with E-state index in [1.165, 1.54) is 0 Å². The molecule has 1 aliphatic rings. The molecule has 0 spiro atoms. The summed E-state index contributed by atoms with van der Waals surface area (Å²) in [6.07, 6.45) is 0. The first kappa shape index (κ1) is 21.6. The molecule has 0 aliphatic carbocycles. The topological polar surface area (TPSA) is 70.7 Å². The minimum atomic E-state index is -0.227. The van der Waals surface area contributed by atoms with E-state index >= 15 is 0 Å². The average molecular weight is 430 g/mol. The van der Waals surface area contributed by atoms with Crippen molar-refractivity contribution in [1.82, 2.24) is 10.2 Å². The second-order valence-electron chi connectivity index (χ2n) is 7.87. The van der Waals surface area contributed by atoms with Crippen LogP contribution >= 0.6 is 0 Å². The molecule has 1 heterocycles. The molecule has 32 heavy (non-hydrogen) atoms. The van der Waals surface area contributed by atoms with Gasteiger partial charge in [0.05, 0.1) is 23.8 Å². The fourth-order valence-corrected chi connectivity index (χ4v) is 3.80. The molecule has 2 amide bonds. The maximum atomic E-state index is 12.9. The number of benzene rings is 3. The summed E-state index contributed by atoms with van der Waals surface area (Å²) in [6.45, 7) is 3.97. The number of carbonyl (C=O) groups is 2. The van der Waals surface area contributed by atoms with Crippen molar-refractivity contribution >= 4 is 17.5 Å². The lowest BCUT2D eigenvalue weighted by Gasteiger charge is -2.20. The predicted molar refractivity (Wildman–Crippen MR) is 125 cm³/mol. The highest BCUT2D eigenvalue weighted by Crippen LogP contribution is 2.23. The molecule has 0 fully saturated rings. The number of anilines is 1. The van der Waals surface area contributed by atoms with Crippen molar-refractivity contribution in [2.24, 2.45) is 0 Å². The monoisotopic (exact) mass is 429 g/mol. The van der Waals surface area contributed by atoms with Gasteiger partial charge in [0.1, 0.15) is 12.4 Å². The van der Waals surface area contributed by atoms with Crippen molar-refractivity contribution in [2.75, 3.05) is 25.0 Å². The van der Waals surface area contributed by atoms with Gasteiger partial charge in [-0.05, 0) is 30.7 Å². The average Bonchev–Trinajstić information content (AvgIpc) is 3.01. The number of hydrogen-bond donors (Lipinski definition) is 2. The normalized spacial score (nSPS) is 14.4. The van der Waals surface area contributed by atoms with Gasteiger partial charge < -0.3 is 15.4 Å². The van der Waals surface area contributed by atoms with Crippen LogP contribution in [0, 0.1) is 0 Å². The molecule has 1 atom stereocenters. The third-order valence-corrected chi connectivity index (χ3v) is 5.49. The Morgan fingerprint density at radius 1 is 0.969 bits per heavy atom. The van der Waals surface area contributed by atoms with Crippen LogP contribution in [0.2, 0.25) is 0 Å². The van der Waals surface area contributed by atoms with Crippen LogP contribution in [0.25, 0.3) is 0 Å². The van der Waals surface area contributed by atoms with Crippen LogP contribution in [0.3, 0.4) is 0 Å². The summed E-state index contributed by atoms with van der Waals surface area (Å²) in [5, 5.41) is 5.92. The Balaban J connectivity index is 1.40. The van der Waals surface area contributed by atoms with Gasteiger partial charge in [-0.2, -0.15) is 0 Å². The zero-order chi connectivity index (χ0) is 22.3. The quantitative estimate of drug-likeness (QED) is 0.621. The molecule has 3 aromatic rings. The van der Waals surface area contributed by atoms with E-state index in [2.05, 4.69) is 10.6 Å². The van der Waals surface area contributed by atoms with Crippen molar-refractivity contribution in [2.45, 2.75) is 19.5 Å². The Morgan fingerprint density at radius 2 is 1.69 bits per heavy atom. The van der Waals surface area contributed by atoms with E-state index in [0.29, 0.717) is 30.9 Å². The van der Waals surface area contributed by atoms with Crippen LogP contribution in [0.15, 0.2) is 78.9 Å². The number of rotatable bonds is 6. The van der Waals surface area contributed by atoms with Gasteiger partial charge in [-0.25, -0.2) is 0 Å². The largest absolute Gasteiger partial charge is 0.492 e. The molecule has 0 saturated heterocycles. The van der Waals surface area contributed by atoms with E-state index in [1.807, 2.05) is 72.5 Å². The molecule has 1 unspecified atom stereocenters. The Labute approximate surface area is 188 Å². The first-order valence-corrected chi connectivity index (χ1v) is 10.8. The third kappa shape index (κ3) is 5.34. The molecule has 6 heteroatoms. The number of nitrogens with zero attached hydrogens (tertiary/aromatic N) is 1. The molecule has 3 aromatic carbocycles. The molecular weight excluding hydrogens is 402 g/mol. The Kier molecular flexibility index (Phi) is 6.82. The van der Waals surface area contributed by atoms with E-state index < -0.39 is 0 Å². The summed E-state index contributed by atoms with van der Waals surface area (Å²) >= 11 is 0. The lowest BCUT2D eigenvalue weighted by atomic mass is 10.1. The van der Waals surface area contributed by atoms with Crippen molar-refractivity contribution in [3.8, 4) is 5.75 Å². The van der Waals surface area contributed by atoms with Crippen molar-refractivity contribution < 1.29 is 14.3 Å². The standard InChI is InChI=1S/C26H27N3O3/c1-19(20-9-3-2-4-10-20)27-26(31)22-12-6-7-13-23(22)28-25(30)18-29-15-16-32-24-14-8-5-11-21(24)17-29/h2-14,19H,15-18H2,1H3,(H,27,31)(H,28,30). The van der Waals surface area contributed by atoms with Crippen molar-refractivity contribution in [1.29, 1.82) is 0 Å². The number of amides is 2.